The molecule has 3 heterocycles. The lowest BCUT2D eigenvalue weighted by Crippen LogP contribution is -2.44. The Labute approximate surface area is 242 Å². The molecule has 0 amide bonds. The molecule has 2 aliphatic rings. The van der Waals surface area contributed by atoms with Gasteiger partial charge in [0.25, 0.3) is 0 Å². The van der Waals surface area contributed by atoms with Gasteiger partial charge in [-0.15, -0.1) is 0 Å². The summed E-state index contributed by atoms with van der Waals surface area (Å²) >= 11 is 0. The van der Waals surface area contributed by atoms with Gasteiger partial charge in [-0.1, -0.05) is 18.2 Å². The number of para-hydroxylation sites is 1. The zero-order valence-corrected chi connectivity index (χ0v) is 24.6. The van der Waals surface area contributed by atoms with Crippen molar-refractivity contribution >= 4 is 36.6 Å². The zero-order valence-electron chi connectivity index (χ0n) is 23.7. The van der Waals surface area contributed by atoms with Gasteiger partial charge in [0.2, 0.25) is 5.95 Å². The van der Waals surface area contributed by atoms with Crippen LogP contribution in [0.15, 0.2) is 36.7 Å². The van der Waals surface area contributed by atoms with E-state index in [9.17, 15) is 19.6 Å². The number of aromatic nitrogens is 4. The molecule has 6 N–H and O–H groups in total. The van der Waals surface area contributed by atoms with E-state index in [2.05, 4.69) is 25.4 Å². The van der Waals surface area contributed by atoms with E-state index in [1.165, 1.54) is 24.7 Å². The number of nitrogens with zero attached hydrogens (tertiary/aromatic N) is 4. The molecule has 15 nitrogen and oxygen atoms in total. The van der Waals surface area contributed by atoms with Crippen molar-refractivity contribution in [2.75, 3.05) is 17.7 Å². The number of ether oxygens (including phenoxy) is 2. The number of fused-ring (bicyclic) bond motifs is 1. The molecule has 0 spiro atoms. The van der Waals surface area contributed by atoms with Gasteiger partial charge in [0.05, 0.1) is 19.0 Å². The van der Waals surface area contributed by atoms with Crippen LogP contribution in [0.2, 0.25) is 0 Å². The van der Waals surface area contributed by atoms with Crippen LogP contribution in [-0.4, -0.2) is 78.3 Å². The normalized spacial score (nSPS) is 26.2. The van der Waals surface area contributed by atoms with Crippen molar-refractivity contribution in [1.29, 1.82) is 0 Å². The van der Waals surface area contributed by atoms with E-state index in [0.717, 1.165) is 12.8 Å². The van der Waals surface area contributed by atoms with Crippen molar-refractivity contribution in [3.05, 3.63) is 36.7 Å². The second-order valence-corrected chi connectivity index (χ2v) is 12.6. The number of rotatable bonds is 12. The van der Waals surface area contributed by atoms with Gasteiger partial charge >= 0.3 is 13.7 Å². The summed E-state index contributed by atoms with van der Waals surface area (Å²) < 4.78 is 37.9. The van der Waals surface area contributed by atoms with Gasteiger partial charge in [-0.2, -0.15) is 15.1 Å². The highest BCUT2D eigenvalue weighted by atomic mass is 31.2. The molecule has 1 aromatic carbocycles. The van der Waals surface area contributed by atoms with E-state index in [1.54, 1.807) is 44.2 Å². The first-order valence-electron chi connectivity index (χ1n) is 13.7. The zero-order chi connectivity index (χ0) is 30.2. The Kier molecular flexibility index (Phi) is 8.43. The van der Waals surface area contributed by atoms with Gasteiger partial charge in [0.1, 0.15) is 29.6 Å². The highest BCUT2D eigenvalue weighted by Gasteiger charge is 2.54. The van der Waals surface area contributed by atoms with Gasteiger partial charge in [0, 0.05) is 6.04 Å². The number of carbonyl (C=O) groups excluding carboxylic acids is 1. The predicted molar refractivity (Wildman–Crippen MR) is 151 cm³/mol. The van der Waals surface area contributed by atoms with E-state index >= 15 is 0 Å². The number of aliphatic hydroxyl groups excluding tert-OH is 1. The first kappa shape index (κ1) is 30.1. The molecule has 1 aliphatic heterocycles. The van der Waals surface area contributed by atoms with Crippen LogP contribution < -0.4 is 20.7 Å². The highest BCUT2D eigenvalue weighted by molar-refractivity contribution is 7.52. The second kappa shape index (κ2) is 11.7. The lowest BCUT2D eigenvalue weighted by atomic mass is 9.96. The molecule has 2 aromatic heterocycles. The number of carbonyl (C=O) groups is 1. The van der Waals surface area contributed by atoms with Gasteiger partial charge in [0.15, 0.2) is 23.2 Å². The van der Waals surface area contributed by atoms with Crippen molar-refractivity contribution in [2.45, 2.75) is 82.8 Å². The molecule has 1 saturated carbocycles. The molecule has 42 heavy (non-hydrogen) atoms. The van der Waals surface area contributed by atoms with Crippen molar-refractivity contribution < 1.29 is 38.1 Å². The number of nitrogens with two attached hydrogens (primary N) is 1. The smallest absolute Gasteiger partial charge is 0.459 e. The topological polar surface area (TPSA) is 205 Å². The number of imidazole rings is 1. The molecular formula is C26H36N7O8P. The molecular weight excluding hydrogens is 569 g/mol. The van der Waals surface area contributed by atoms with E-state index in [4.69, 9.17) is 24.3 Å². The Morgan fingerprint density at radius 3 is 2.64 bits per heavy atom. The minimum absolute atomic E-state index is 0.000610. The lowest BCUT2D eigenvalue weighted by Gasteiger charge is -2.27. The summed E-state index contributed by atoms with van der Waals surface area (Å²) in [6.07, 6.45) is -0.792. The summed E-state index contributed by atoms with van der Waals surface area (Å²) in [4.78, 5) is 25.4. The van der Waals surface area contributed by atoms with Crippen molar-refractivity contribution in [1.82, 2.24) is 24.6 Å². The molecule has 16 heteroatoms. The van der Waals surface area contributed by atoms with Crippen LogP contribution in [0.4, 0.5) is 11.8 Å². The number of nitrogens with one attached hydrogen (secondary N) is 2. The summed E-state index contributed by atoms with van der Waals surface area (Å²) in [7, 11) is -4.24. The molecule has 1 aliphatic carbocycles. The third-order valence-electron chi connectivity index (χ3n) is 6.80. The number of esters is 1. The number of nitrogen functional groups attached to an aromatic ring is 1. The van der Waals surface area contributed by atoms with Crippen LogP contribution in [0.5, 0.6) is 5.75 Å². The standard InChI is InChI=1S/C26H36N7O8P/c1-14(2)39-23(35)15(3)32-42(37,41-17-8-6-5-7-9-17)38-12-18-20(34)26(4,36)24(40-18)33-13-28-19-21(29-16-10-11-16)30-25(27)31-22(19)33/h5-9,13-16,18,20,24,34,36H,10-12H2,1-4H3,(H,32,37)(H3,27,29,30,31)/t15-,18+,20+,24+,26+,42-/m0/s1. The molecule has 228 valence electrons. The summed E-state index contributed by atoms with van der Waals surface area (Å²) in [5.74, 6) is 0.0235. The summed E-state index contributed by atoms with van der Waals surface area (Å²) in [5.41, 5.74) is 4.83. The van der Waals surface area contributed by atoms with Gasteiger partial charge < -0.3 is 35.3 Å². The quantitative estimate of drug-likeness (QED) is 0.148. The van der Waals surface area contributed by atoms with Gasteiger partial charge in [-0.05, 0) is 52.7 Å². The molecule has 6 atom stereocenters. The average Bonchev–Trinajstić information content (AvgIpc) is 3.59. The fourth-order valence-electron chi connectivity index (χ4n) is 4.51. The summed E-state index contributed by atoms with van der Waals surface area (Å²) in [6.45, 7) is 5.76. The maximum atomic E-state index is 13.8. The van der Waals surface area contributed by atoms with Crippen molar-refractivity contribution in [2.24, 2.45) is 0 Å². The second-order valence-electron chi connectivity index (χ2n) is 10.9. The summed E-state index contributed by atoms with van der Waals surface area (Å²) in [5, 5.41) is 28.3. The maximum Gasteiger partial charge on any atom is 0.459 e. The molecule has 3 aromatic rings. The lowest BCUT2D eigenvalue weighted by molar-refractivity contribution is -0.149. The van der Waals surface area contributed by atoms with E-state index in [1.807, 2.05) is 0 Å². The van der Waals surface area contributed by atoms with Crippen LogP contribution >= 0.6 is 7.75 Å². The Morgan fingerprint density at radius 1 is 1.26 bits per heavy atom. The molecule has 5 rings (SSSR count). The highest BCUT2D eigenvalue weighted by Crippen LogP contribution is 2.47. The predicted octanol–water partition coefficient (Wildman–Crippen LogP) is 2.13. The minimum Gasteiger partial charge on any atom is -0.462 e. The Morgan fingerprint density at radius 2 is 1.98 bits per heavy atom. The maximum absolute atomic E-state index is 13.8. The fourth-order valence-corrected chi connectivity index (χ4v) is 6.01. The minimum atomic E-state index is -4.24. The molecule has 0 bridgehead atoms. The third-order valence-corrected chi connectivity index (χ3v) is 8.44. The van der Waals surface area contributed by atoms with Crippen LogP contribution in [0.1, 0.15) is 46.8 Å². The monoisotopic (exact) mass is 605 g/mol. The van der Waals surface area contributed by atoms with Gasteiger partial charge in [-0.25, -0.2) is 9.55 Å². The number of hydrogen-bond acceptors (Lipinski definition) is 13. The van der Waals surface area contributed by atoms with Crippen molar-refractivity contribution in [3.8, 4) is 5.75 Å². The Balaban J connectivity index is 1.36. The van der Waals surface area contributed by atoms with E-state index in [0.29, 0.717) is 17.0 Å². The van der Waals surface area contributed by atoms with E-state index < -0.39 is 56.5 Å². The molecule has 0 unspecified atom stereocenters. The van der Waals surface area contributed by atoms with Crippen LogP contribution in [0, 0.1) is 0 Å². The number of aliphatic hydroxyl groups is 2. The number of hydrogen-bond donors (Lipinski definition) is 5. The average molecular weight is 606 g/mol. The first-order chi connectivity index (χ1) is 19.9. The van der Waals surface area contributed by atoms with Crippen LogP contribution in [0.25, 0.3) is 11.2 Å². The largest absolute Gasteiger partial charge is 0.462 e. The third kappa shape index (κ3) is 6.51. The number of anilines is 2. The van der Waals surface area contributed by atoms with Crippen LogP contribution in [0.3, 0.4) is 0 Å². The molecule has 0 radical (unpaired) electrons. The Bertz CT molecular complexity index is 1470. The van der Waals surface area contributed by atoms with Crippen LogP contribution in [-0.2, 0) is 23.4 Å². The van der Waals surface area contributed by atoms with Gasteiger partial charge in [-0.3, -0.25) is 13.9 Å². The molecule has 1 saturated heterocycles. The SMILES string of the molecule is CC(C)OC(=O)[C@H](C)N[P@](=O)(OC[C@H]1O[C@@H](n2cnc3c(NC4CC4)nc(N)nc32)[C@](C)(O)[C@@H]1O)Oc1ccccc1. The van der Waals surface area contributed by atoms with Crippen molar-refractivity contribution in [3.63, 3.8) is 0 Å². The molecule has 2 fully saturated rings. The summed E-state index contributed by atoms with van der Waals surface area (Å²) in [6, 6.07) is 7.47. The first-order valence-corrected chi connectivity index (χ1v) is 15.2. The van der Waals surface area contributed by atoms with E-state index in [-0.39, 0.29) is 17.7 Å². The Hall–Kier alpha value is -3.33. The fraction of sp³-hybridized carbons (Fsp3) is 0.538. The number of benzene rings is 1.